The fourth-order valence-electron chi connectivity index (χ4n) is 2.08. The summed E-state index contributed by atoms with van der Waals surface area (Å²) in [6.07, 6.45) is 3.64. The van der Waals surface area contributed by atoms with Gasteiger partial charge < -0.3 is 4.57 Å². The van der Waals surface area contributed by atoms with Crippen LogP contribution in [0.15, 0.2) is 35.1 Å². The molecular formula is C14H12BrClN4. The van der Waals surface area contributed by atoms with Gasteiger partial charge in [0, 0.05) is 22.6 Å². The fourth-order valence-corrected chi connectivity index (χ4v) is 2.60. The maximum atomic E-state index is 6.00. The number of nitrogens with zero attached hydrogens (tertiary/aromatic N) is 4. The average molecular weight is 352 g/mol. The van der Waals surface area contributed by atoms with Crippen LogP contribution in [0.4, 0.5) is 0 Å². The molecule has 0 amide bonds. The van der Waals surface area contributed by atoms with Crippen LogP contribution in [0.2, 0.25) is 0 Å². The molecule has 0 aliphatic rings. The van der Waals surface area contributed by atoms with Crippen molar-refractivity contribution in [2.75, 3.05) is 0 Å². The minimum absolute atomic E-state index is 0.354. The first-order chi connectivity index (χ1) is 9.67. The highest BCUT2D eigenvalue weighted by Crippen LogP contribution is 2.20. The second kappa shape index (κ2) is 5.50. The molecule has 0 N–H and O–H groups in total. The quantitative estimate of drug-likeness (QED) is 0.676. The van der Waals surface area contributed by atoms with Crippen LogP contribution in [0, 0.1) is 6.92 Å². The molecule has 0 bridgehead atoms. The van der Waals surface area contributed by atoms with Crippen LogP contribution in [0.25, 0.3) is 11.2 Å². The van der Waals surface area contributed by atoms with E-state index in [1.165, 1.54) is 0 Å². The van der Waals surface area contributed by atoms with Gasteiger partial charge in [-0.1, -0.05) is 6.07 Å². The van der Waals surface area contributed by atoms with E-state index in [0.29, 0.717) is 12.4 Å². The molecule has 0 saturated heterocycles. The number of aromatic nitrogens is 4. The van der Waals surface area contributed by atoms with Crippen LogP contribution in [0.5, 0.6) is 0 Å². The number of alkyl halides is 1. The molecule has 3 rings (SSSR count). The third-order valence-corrected chi connectivity index (χ3v) is 3.74. The van der Waals surface area contributed by atoms with E-state index in [4.69, 9.17) is 11.6 Å². The Balaban J connectivity index is 2.07. The molecule has 0 radical (unpaired) electrons. The summed E-state index contributed by atoms with van der Waals surface area (Å²) in [5, 5.41) is 0. The number of fused-ring (bicyclic) bond motifs is 1. The van der Waals surface area contributed by atoms with E-state index in [1.54, 1.807) is 6.20 Å². The molecular weight excluding hydrogens is 340 g/mol. The summed E-state index contributed by atoms with van der Waals surface area (Å²) in [6.45, 7) is 2.64. The van der Waals surface area contributed by atoms with E-state index in [-0.39, 0.29) is 0 Å². The Kier molecular flexibility index (Phi) is 3.72. The number of halogens is 2. The van der Waals surface area contributed by atoms with Gasteiger partial charge in [-0.2, -0.15) is 0 Å². The predicted molar refractivity (Wildman–Crippen MR) is 82.9 cm³/mol. The summed E-state index contributed by atoms with van der Waals surface area (Å²) in [5.41, 5.74) is 3.79. The Hall–Kier alpha value is -1.46. The Morgan fingerprint density at radius 3 is 2.80 bits per heavy atom. The van der Waals surface area contributed by atoms with Crippen LogP contribution in [0.1, 0.15) is 17.1 Å². The van der Waals surface area contributed by atoms with Crippen LogP contribution in [-0.2, 0) is 12.4 Å². The van der Waals surface area contributed by atoms with Crippen molar-refractivity contribution in [2.24, 2.45) is 0 Å². The molecule has 0 saturated carbocycles. The van der Waals surface area contributed by atoms with Gasteiger partial charge in [0.05, 0.1) is 12.4 Å². The minimum Gasteiger partial charge on any atom is -0.307 e. The number of hydrogen-bond donors (Lipinski definition) is 0. The zero-order valence-electron chi connectivity index (χ0n) is 10.8. The highest BCUT2D eigenvalue weighted by Gasteiger charge is 2.12. The lowest BCUT2D eigenvalue weighted by Gasteiger charge is -2.07. The maximum Gasteiger partial charge on any atom is 0.160 e. The molecule has 0 fully saturated rings. The third kappa shape index (κ3) is 2.55. The molecule has 4 nitrogen and oxygen atoms in total. The summed E-state index contributed by atoms with van der Waals surface area (Å²) < 4.78 is 2.94. The third-order valence-electron chi connectivity index (χ3n) is 3.06. The first kappa shape index (κ1) is 13.5. The van der Waals surface area contributed by atoms with Crippen molar-refractivity contribution in [3.8, 4) is 0 Å². The molecule has 0 aliphatic heterocycles. The van der Waals surface area contributed by atoms with Gasteiger partial charge >= 0.3 is 0 Å². The molecule has 0 unspecified atom stereocenters. The Morgan fingerprint density at radius 2 is 2.10 bits per heavy atom. The molecule has 6 heteroatoms. The van der Waals surface area contributed by atoms with Gasteiger partial charge in [-0.05, 0) is 40.5 Å². The lowest BCUT2D eigenvalue weighted by molar-refractivity contribution is 0.766. The van der Waals surface area contributed by atoms with Crippen molar-refractivity contribution in [3.63, 3.8) is 0 Å². The lowest BCUT2D eigenvalue weighted by Crippen LogP contribution is -2.05. The van der Waals surface area contributed by atoms with Crippen molar-refractivity contribution in [2.45, 2.75) is 19.3 Å². The highest BCUT2D eigenvalue weighted by molar-refractivity contribution is 9.10. The second-order valence-corrected chi connectivity index (χ2v) is 5.73. The first-order valence-corrected chi connectivity index (χ1v) is 7.48. The smallest absolute Gasteiger partial charge is 0.160 e. The normalized spacial score (nSPS) is 11.2. The van der Waals surface area contributed by atoms with E-state index in [0.717, 1.165) is 32.7 Å². The molecule has 102 valence electrons. The summed E-state index contributed by atoms with van der Waals surface area (Å²) in [6, 6.07) is 6.01. The number of aryl methyl sites for hydroxylation is 1. The van der Waals surface area contributed by atoms with Crippen LogP contribution in [-0.4, -0.2) is 19.5 Å². The van der Waals surface area contributed by atoms with Crippen LogP contribution in [0.3, 0.4) is 0 Å². The summed E-state index contributed by atoms with van der Waals surface area (Å²) in [5.74, 6) is 1.17. The second-order valence-electron chi connectivity index (χ2n) is 4.55. The largest absolute Gasteiger partial charge is 0.307 e. The van der Waals surface area contributed by atoms with E-state index in [2.05, 4.69) is 36.9 Å². The van der Waals surface area contributed by atoms with E-state index in [1.807, 2.05) is 29.8 Å². The Morgan fingerprint density at radius 1 is 1.25 bits per heavy atom. The number of pyridine rings is 2. The SMILES string of the molecule is Cc1ccc(Cn2c(CCl)nc3cc(Br)cnc32)cn1. The van der Waals surface area contributed by atoms with Crippen LogP contribution >= 0.6 is 27.5 Å². The van der Waals surface area contributed by atoms with E-state index >= 15 is 0 Å². The molecule has 0 aromatic carbocycles. The van der Waals surface area contributed by atoms with Crippen molar-refractivity contribution in [3.05, 3.63) is 52.1 Å². The van der Waals surface area contributed by atoms with Gasteiger partial charge in [-0.25, -0.2) is 9.97 Å². The highest BCUT2D eigenvalue weighted by atomic mass is 79.9. The monoisotopic (exact) mass is 350 g/mol. The lowest BCUT2D eigenvalue weighted by atomic mass is 10.2. The average Bonchev–Trinajstić information content (AvgIpc) is 2.78. The summed E-state index contributed by atoms with van der Waals surface area (Å²) >= 11 is 9.40. The topological polar surface area (TPSA) is 43.6 Å². The van der Waals surface area contributed by atoms with Crippen LogP contribution < -0.4 is 0 Å². The molecule has 0 atom stereocenters. The minimum atomic E-state index is 0.354. The number of imidazole rings is 1. The van der Waals surface area contributed by atoms with Crippen molar-refractivity contribution < 1.29 is 0 Å². The first-order valence-electron chi connectivity index (χ1n) is 6.15. The molecule has 20 heavy (non-hydrogen) atoms. The molecule has 3 aromatic rings. The summed E-state index contributed by atoms with van der Waals surface area (Å²) in [7, 11) is 0. The van der Waals surface area contributed by atoms with Gasteiger partial charge in [0.1, 0.15) is 11.3 Å². The molecule has 0 spiro atoms. The number of hydrogen-bond acceptors (Lipinski definition) is 3. The van der Waals surface area contributed by atoms with Crippen molar-refractivity contribution >= 4 is 38.7 Å². The fraction of sp³-hybridized carbons (Fsp3) is 0.214. The maximum absolute atomic E-state index is 6.00. The standard InChI is InChI=1S/C14H12BrClN4/c1-9-2-3-10(6-17-9)8-20-13(5-16)19-12-4-11(15)7-18-14(12)20/h2-4,6-7H,5,8H2,1H3. The van der Waals surface area contributed by atoms with Gasteiger partial charge in [-0.3, -0.25) is 4.98 Å². The van der Waals surface area contributed by atoms with Crippen molar-refractivity contribution in [1.82, 2.24) is 19.5 Å². The molecule has 3 heterocycles. The van der Waals surface area contributed by atoms with Gasteiger partial charge in [-0.15, -0.1) is 11.6 Å². The van der Waals surface area contributed by atoms with Gasteiger partial charge in [0.25, 0.3) is 0 Å². The zero-order chi connectivity index (χ0) is 14.1. The number of rotatable bonds is 3. The van der Waals surface area contributed by atoms with E-state index < -0.39 is 0 Å². The predicted octanol–water partition coefficient (Wildman–Crippen LogP) is 3.68. The molecule has 3 aromatic heterocycles. The van der Waals surface area contributed by atoms with E-state index in [9.17, 15) is 0 Å². The Labute approximate surface area is 130 Å². The van der Waals surface area contributed by atoms with Gasteiger partial charge in [0.2, 0.25) is 0 Å². The Bertz CT molecular complexity index is 752. The summed E-state index contributed by atoms with van der Waals surface area (Å²) in [4.78, 5) is 13.3. The van der Waals surface area contributed by atoms with Gasteiger partial charge in [0.15, 0.2) is 5.65 Å². The molecule has 0 aliphatic carbocycles. The van der Waals surface area contributed by atoms with Crippen molar-refractivity contribution in [1.29, 1.82) is 0 Å². The zero-order valence-corrected chi connectivity index (χ0v) is 13.2.